The molecule has 0 amide bonds. The van der Waals surface area contributed by atoms with Crippen LogP contribution in [0, 0.1) is 5.92 Å². The summed E-state index contributed by atoms with van der Waals surface area (Å²) >= 11 is 12.6. The summed E-state index contributed by atoms with van der Waals surface area (Å²) in [6.07, 6.45) is 1.14. The fourth-order valence-electron chi connectivity index (χ4n) is 3.12. The Morgan fingerprint density at radius 1 is 1.42 bits per heavy atom. The summed E-state index contributed by atoms with van der Waals surface area (Å²) in [6.45, 7) is 8.51. The summed E-state index contributed by atoms with van der Waals surface area (Å²) in [7, 11) is 1.76. The highest BCUT2D eigenvalue weighted by Gasteiger charge is 2.25. The number of halogens is 2. The molecule has 1 aliphatic rings. The standard InChI is InChI=1S/C18H27Cl2N3O/c1-4-21-18(23-9-8-14(11-23)12-24-3)22-10-13(2)17-15(19)6-5-7-16(17)20/h5-7,13-14H,4,8-12H2,1-3H3,(H,21,22). The van der Waals surface area contributed by atoms with E-state index in [-0.39, 0.29) is 5.92 Å². The van der Waals surface area contributed by atoms with Gasteiger partial charge in [0.15, 0.2) is 5.96 Å². The van der Waals surface area contributed by atoms with Crippen molar-refractivity contribution in [1.29, 1.82) is 0 Å². The minimum Gasteiger partial charge on any atom is -0.384 e. The molecule has 0 aromatic heterocycles. The Kier molecular flexibility index (Phi) is 7.66. The van der Waals surface area contributed by atoms with Crippen LogP contribution in [0.25, 0.3) is 0 Å². The lowest BCUT2D eigenvalue weighted by molar-refractivity contribution is 0.157. The minimum atomic E-state index is 0.164. The second kappa shape index (κ2) is 9.50. The van der Waals surface area contributed by atoms with Crippen LogP contribution in [0.4, 0.5) is 0 Å². The van der Waals surface area contributed by atoms with E-state index in [0.717, 1.165) is 44.2 Å². The molecule has 0 aliphatic carbocycles. The third-order valence-corrected chi connectivity index (χ3v) is 4.99. The molecule has 2 unspecified atom stereocenters. The normalized spacial score (nSPS) is 19.6. The average molecular weight is 372 g/mol. The Bertz CT molecular complexity index is 545. The van der Waals surface area contributed by atoms with Crippen LogP contribution in [-0.2, 0) is 4.74 Å². The highest BCUT2D eigenvalue weighted by atomic mass is 35.5. The van der Waals surface area contributed by atoms with Crippen LogP contribution in [-0.4, -0.2) is 50.8 Å². The monoisotopic (exact) mass is 371 g/mol. The molecule has 0 bridgehead atoms. The van der Waals surface area contributed by atoms with Crippen molar-refractivity contribution in [2.45, 2.75) is 26.2 Å². The number of methoxy groups -OCH3 is 1. The lowest BCUT2D eigenvalue weighted by Crippen LogP contribution is -2.40. The fraction of sp³-hybridized carbons (Fsp3) is 0.611. The predicted molar refractivity (Wildman–Crippen MR) is 102 cm³/mol. The quantitative estimate of drug-likeness (QED) is 0.605. The number of hydrogen-bond acceptors (Lipinski definition) is 2. The molecule has 0 saturated carbocycles. The van der Waals surface area contributed by atoms with E-state index in [1.54, 1.807) is 7.11 Å². The number of benzene rings is 1. The molecule has 0 spiro atoms. The summed E-state index contributed by atoms with van der Waals surface area (Å²) in [5.74, 6) is 1.71. The average Bonchev–Trinajstić information content (AvgIpc) is 3.00. The summed E-state index contributed by atoms with van der Waals surface area (Å²) < 4.78 is 5.28. The van der Waals surface area contributed by atoms with E-state index in [0.29, 0.717) is 22.5 Å². The Hall–Kier alpha value is -0.970. The largest absolute Gasteiger partial charge is 0.384 e. The topological polar surface area (TPSA) is 36.9 Å². The highest BCUT2D eigenvalue weighted by molar-refractivity contribution is 6.36. The Morgan fingerprint density at radius 3 is 2.75 bits per heavy atom. The van der Waals surface area contributed by atoms with Gasteiger partial charge in [-0.3, -0.25) is 4.99 Å². The SMILES string of the molecule is CCNC(=NCC(C)c1c(Cl)cccc1Cl)N1CCC(COC)C1. The number of ether oxygens (including phenoxy) is 1. The van der Waals surface area contributed by atoms with Gasteiger partial charge in [0, 0.05) is 55.2 Å². The number of nitrogens with zero attached hydrogens (tertiary/aromatic N) is 2. The third-order valence-electron chi connectivity index (χ3n) is 4.33. The smallest absolute Gasteiger partial charge is 0.193 e. The molecular weight excluding hydrogens is 345 g/mol. The third kappa shape index (κ3) is 5.01. The maximum absolute atomic E-state index is 6.31. The van der Waals surface area contributed by atoms with E-state index in [1.165, 1.54) is 0 Å². The Balaban J connectivity index is 2.05. The number of aliphatic imine (C=N–C) groups is 1. The van der Waals surface area contributed by atoms with Gasteiger partial charge in [-0.2, -0.15) is 0 Å². The summed E-state index contributed by atoms with van der Waals surface area (Å²) in [5.41, 5.74) is 0.971. The van der Waals surface area contributed by atoms with Crippen molar-refractivity contribution in [3.8, 4) is 0 Å². The van der Waals surface area contributed by atoms with E-state index < -0.39 is 0 Å². The van der Waals surface area contributed by atoms with Crippen LogP contribution >= 0.6 is 23.2 Å². The molecule has 2 rings (SSSR count). The molecule has 1 aromatic rings. The predicted octanol–water partition coefficient (Wildman–Crippen LogP) is 4.03. The van der Waals surface area contributed by atoms with E-state index in [1.807, 2.05) is 18.2 Å². The van der Waals surface area contributed by atoms with Crippen molar-refractivity contribution in [1.82, 2.24) is 10.2 Å². The van der Waals surface area contributed by atoms with Gasteiger partial charge in [-0.15, -0.1) is 0 Å². The molecule has 1 heterocycles. The molecule has 134 valence electrons. The molecule has 0 radical (unpaired) electrons. The zero-order chi connectivity index (χ0) is 17.5. The van der Waals surface area contributed by atoms with E-state index >= 15 is 0 Å². The minimum absolute atomic E-state index is 0.164. The fourth-order valence-corrected chi connectivity index (χ4v) is 3.89. The van der Waals surface area contributed by atoms with Crippen molar-refractivity contribution in [3.05, 3.63) is 33.8 Å². The van der Waals surface area contributed by atoms with Crippen LogP contribution < -0.4 is 5.32 Å². The first-order valence-electron chi connectivity index (χ1n) is 8.52. The van der Waals surface area contributed by atoms with Gasteiger partial charge < -0.3 is 15.0 Å². The van der Waals surface area contributed by atoms with Crippen molar-refractivity contribution in [2.75, 3.05) is 39.9 Å². The highest BCUT2D eigenvalue weighted by Crippen LogP contribution is 2.31. The van der Waals surface area contributed by atoms with E-state index in [4.69, 9.17) is 32.9 Å². The zero-order valence-corrected chi connectivity index (χ0v) is 16.2. The van der Waals surface area contributed by atoms with Gasteiger partial charge in [0.1, 0.15) is 0 Å². The molecule has 2 atom stereocenters. The van der Waals surface area contributed by atoms with Crippen LogP contribution in [0.15, 0.2) is 23.2 Å². The first-order chi connectivity index (χ1) is 11.6. The summed E-state index contributed by atoms with van der Waals surface area (Å²) in [5, 5.41) is 4.80. The lowest BCUT2D eigenvalue weighted by Gasteiger charge is -2.22. The van der Waals surface area contributed by atoms with Gasteiger partial charge in [-0.1, -0.05) is 36.2 Å². The van der Waals surface area contributed by atoms with E-state index in [9.17, 15) is 0 Å². The van der Waals surface area contributed by atoms with Gasteiger partial charge >= 0.3 is 0 Å². The van der Waals surface area contributed by atoms with Gasteiger partial charge in [0.05, 0.1) is 6.61 Å². The molecule has 4 nitrogen and oxygen atoms in total. The Labute approximate surface area is 155 Å². The first kappa shape index (κ1) is 19.4. The van der Waals surface area contributed by atoms with Crippen molar-refractivity contribution in [3.63, 3.8) is 0 Å². The van der Waals surface area contributed by atoms with Crippen molar-refractivity contribution in [2.24, 2.45) is 10.9 Å². The molecule has 6 heteroatoms. The molecule has 1 saturated heterocycles. The number of rotatable bonds is 6. The van der Waals surface area contributed by atoms with Crippen LogP contribution in [0.5, 0.6) is 0 Å². The number of likely N-dealkylation sites (tertiary alicyclic amines) is 1. The van der Waals surface area contributed by atoms with Gasteiger partial charge in [0.2, 0.25) is 0 Å². The summed E-state index contributed by atoms with van der Waals surface area (Å²) in [6, 6.07) is 5.63. The molecule has 1 fully saturated rings. The molecule has 1 N–H and O–H groups in total. The van der Waals surface area contributed by atoms with Gasteiger partial charge in [-0.05, 0) is 31.0 Å². The lowest BCUT2D eigenvalue weighted by atomic mass is 10.0. The maximum atomic E-state index is 6.31. The first-order valence-corrected chi connectivity index (χ1v) is 9.28. The maximum Gasteiger partial charge on any atom is 0.193 e. The molecule has 1 aliphatic heterocycles. The zero-order valence-electron chi connectivity index (χ0n) is 14.7. The summed E-state index contributed by atoms with van der Waals surface area (Å²) in [4.78, 5) is 7.14. The Morgan fingerprint density at radius 2 is 2.12 bits per heavy atom. The number of hydrogen-bond donors (Lipinski definition) is 1. The molecule has 1 aromatic carbocycles. The van der Waals surface area contributed by atoms with Crippen LogP contribution in [0.1, 0.15) is 31.7 Å². The number of guanidine groups is 1. The van der Waals surface area contributed by atoms with Crippen LogP contribution in [0.2, 0.25) is 10.0 Å². The molecule has 24 heavy (non-hydrogen) atoms. The van der Waals surface area contributed by atoms with Crippen molar-refractivity contribution < 1.29 is 4.74 Å². The van der Waals surface area contributed by atoms with E-state index in [2.05, 4.69) is 24.1 Å². The molecular formula is C18H27Cl2N3O. The number of nitrogens with one attached hydrogen (secondary N) is 1. The second-order valence-corrected chi connectivity index (χ2v) is 7.10. The second-order valence-electron chi connectivity index (χ2n) is 6.29. The van der Waals surface area contributed by atoms with Gasteiger partial charge in [-0.25, -0.2) is 0 Å². The van der Waals surface area contributed by atoms with Crippen LogP contribution in [0.3, 0.4) is 0 Å². The van der Waals surface area contributed by atoms with Gasteiger partial charge in [0.25, 0.3) is 0 Å². The van der Waals surface area contributed by atoms with Crippen molar-refractivity contribution >= 4 is 29.2 Å².